The van der Waals surface area contributed by atoms with E-state index >= 15 is 0 Å². The molecule has 2 heteroatoms. The lowest BCUT2D eigenvalue weighted by atomic mass is 10.0. The Labute approximate surface area is 76.1 Å². The van der Waals surface area contributed by atoms with Crippen molar-refractivity contribution in [2.45, 2.75) is 45.7 Å². The van der Waals surface area contributed by atoms with E-state index in [1.165, 1.54) is 19.4 Å². The van der Waals surface area contributed by atoms with Gasteiger partial charge in [-0.25, -0.2) is 0 Å². The van der Waals surface area contributed by atoms with Crippen molar-refractivity contribution in [3.63, 3.8) is 0 Å². The number of nitrogens with two attached hydrogens (primary N) is 1. The van der Waals surface area contributed by atoms with E-state index in [2.05, 4.69) is 25.7 Å². The predicted octanol–water partition coefficient (Wildman–Crippen LogP) is 1.45. The molecule has 0 aromatic heterocycles. The van der Waals surface area contributed by atoms with Crippen molar-refractivity contribution in [1.29, 1.82) is 0 Å². The topological polar surface area (TPSA) is 29.3 Å². The molecule has 1 rings (SSSR count). The summed E-state index contributed by atoms with van der Waals surface area (Å²) in [5, 5.41) is 0. The standard InChI is InChI=1S/C10H22N2/c1-4-12(10-5-6-10)9(3)8(2)7-11/h8-10H,4-7,11H2,1-3H3. The van der Waals surface area contributed by atoms with Crippen molar-refractivity contribution in [3.8, 4) is 0 Å². The first-order valence-electron chi connectivity index (χ1n) is 5.16. The summed E-state index contributed by atoms with van der Waals surface area (Å²) in [6.45, 7) is 8.79. The average molecular weight is 170 g/mol. The highest BCUT2D eigenvalue weighted by atomic mass is 15.2. The van der Waals surface area contributed by atoms with E-state index in [0.717, 1.165) is 12.6 Å². The maximum atomic E-state index is 5.66. The van der Waals surface area contributed by atoms with Gasteiger partial charge in [0.25, 0.3) is 0 Å². The number of hydrogen-bond donors (Lipinski definition) is 1. The van der Waals surface area contributed by atoms with Crippen molar-refractivity contribution >= 4 is 0 Å². The first kappa shape index (κ1) is 10.0. The summed E-state index contributed by atoms with van der Waals surface area (Å²) in [5.41, 5.74) is 5.66. The quantitative estimate of drug-likeness (QED) is 0.676. The van der Waals surface area contributed by atoms with Crippen LogP contribution in [-0.2, 0) is 0 Å². The van der Waals surface area contributed by atoms with Gasteiger partial charge < -0.3 is 5.73 Å². The van der Waals surface area contributed by atoms with E-state index < -0.39 is 0 Å². The summed E-state index contributed by atoms with van der Waals surface area (Å²) in [5.74, 6) is 0.630. The third-order valence-corrected chi connectivity index (χ3v) is 3.10. The number of hydrogen-bond acceptors (Lipinski definition) is 2. The summed E-state index contributed by atoms with van der Waals surface area (Å²) in [4.78, 5) is 2.59. The molecule has 1 aliphatic carbocycles. The normalized spacial score (nSPS) is 22.8. The molecular formula is C10H22N2. The predicted molar refractivity (Wildman–Crippen MR) is 53.1 cm³/mol. The third-order valence-electron chi connectivity index (χ3n) is 3.10. The van der Waals surface area contributed by atoms with Crippen LogP contribution in [0.4, 0.5) is 0 Å². The Kier molecular flexibility index (Phi) is 3.53. The molecule has 0 heterocycles. The van der Waals surface area contributed by atoms with Gasteiger partial charge in [-0.2, -0.15) is 0 Å². The number of nitrogens with zero attached hydrogens (tertiary/aromatic N) is 1. The van der Waals surface area contributed by atoms with Crippen LogP contribution in [0.3, 0.4) is 0 Å². The second kappa shape index (κ2) is 4.24. The van der Waals surface area contributed by atoms with Crippen molar-refractivity contribution < 1.29 is 0 Å². The fourth-order valence-electron chi connectivity index (χ4n) is 1.81. The molecule has 2 nitrogen and oxygen atoms in total. The second-order valence-electron chi connectivity index (χ2n) is 4.02. The molecule has 0 aromatic carbocycles. The van der Waals surface area contributed by atoms with Gasteiger partial charge in [-0.3, -0.25) is 4.90 Å². The summed E-state index contributed by atoms with van der Waals surface area (Å²) >= 11 is 0. The molecule has 0 saturated heterocycles. The van der Waals surface area contributed by atoms with Crippen molar-refractivity contribution in [1.82, 2.24) is 4.90 Å². The fraction of sp³-hybridized carbons (Fsp3) is 1.00. The molecule has 1 saturated carbocycles. The molecule has 12 heavy (non-hydrogen) atoms. The minimum absolute atomic E-state index is 0.630. The van der Waals surface area contributed by atoms with Gasteiger partial charge >= 0.3 is 0 Å². The Balaban J connectivity index is 2.40. The van der Waals surface area contributed by atoms with Crippen molar-refractivity contribution in [2.75, 3.05) is 13.1 Å². The molecule has 0 aliphatic heterocycles. The third kappa shape index (κ3) is 2.20. The van der Waals surface area contributed by atoms with Gasteiger partial charge in [-0.1, -0.05) is 13.8 Å². The fourth-order valence-corrected chi connectivity index (χ4v) is 1.81. The van der Waals surface area contributed by atoms with Crippen LogP contribution in [-0.4, -0.2) is 30.1 Å². The molecule has 2 atom stereocenters. The Morgan fingerprint density at radius 2 is 2.00 bits per heavy atom. The highest BCUT2D eigenvalue weighted by Crippen LogP contribution is 2.29. The molecule has 0 bridgehead atoms. The van der Waals surface area contributed by atoms with Crippen LogP contribution < -0.4 is 5.73 Å². The van der Waals surface area contributed by atoms with E-state index in [9.17, 15) is 0 Å². The van der Waals surface area contributed by atoms with E-state index in [-0.39, 0.29) is 0 Å². The van der Waals surface area contributed by atoms with E-state index in [4.69, 9.17) is 5.73 Å². The van der Waals surface area contributed by atoms with Crippen LogP contribution >= 0.6 is 0 Å². The first-order valence-corrected chi connectivity index (χ1v) is 5.16. The van der Waals surface area contributed by atoms with Crippen molar-refractivity contribution in [3.05, 3.63) is 0 Å². The largest absolute Gasteiger partial charge is 0.330 e. The minimum Gasteiger partial charge on any atom is -0.330 e. The van der Waals surface area contributed by atoms with Gasteiger partial charge in [0.2, 0.25) is 0 Å². The Morgan fingerprint density at radius 3 is 2.33 bits per heavy atom. The van der Waals surface area contributed by atoms with Gasteiger partial charge in [0.1, 0.15) is 0 Å². The molecule has 1 aliphatic rings. The van der Waals surface area contributed by atoms with E-state index in [1.54, 1.807) is 0 Å². The zero-order valence-corrected chi connectivity index (χ0v) is 8.59. The second-order valence-corrected chi connectivity index (χ2v) is 4.02. The van der Waals surface area contributed by atoms with E-state index in [0.29, 0.717) is 12.0 Å². The molecular weight excluding hydrogens is 148 g/mol. The van der Waals surface area contributed by atoms with Crippen LogP contribution in [0.1, 0.15) is 33.6 Å². The molecule has 72 valence electrons. The molecule has 0 amide bonds. The molecule has 0 aromatic rings. The smallest absolute Gasteiger partial charge is 0.0107 e. The molecule has 1 fully saturated rings. The lowest BCUT2D eigenvalue weighted by Crippen LogP contribution is -2.41. The molecule has 2 N–H and O–H groups in total. The first-order chi connectivity index (χ1) is 5.70. The van der Waals surface area contributed by atoms with Crippen LogP contribution in [0, 0.1) is 5.92 Å². The van der Waals surface area contributed by atoms with Crippen LogP contribution in [0.15, 0.2) is 0 Å². The lowest BCUT2D eigenvalue weighted by molar-refractivity contribution is 0.163. The summed E-state index contributed by atoms with van der Waals surface area (Å²) in [6, 6.07) is 1.53. The SMILES string of the molecule is CCN(C1CC1)C(C)C(C)CN. The Hall–Kier alpha value is -0.0800. The number of rotatable bonds is 5. The van der Waals surface area contributed by atoms with Gasteiger partial charge in [-0.15, -0.1) is 0 Å². The lowest BCUT2D eigenvalue weighted by Gasteiger charge is -2.31. The Morgan fingerprint density at radius 1 is 1.42 bits per heavy atom. The summed E-state index contributed by atoms with van der Waals surface area (Å²) in [7, 11) is 0. The van der Waals surface area contributed by atoms with Crippen LogP contribution in [0.5, 0.6) is 0 Å². The summed E-state index contributed by atoms with van der Waals surface area (Å²) < 4.78 is 0. The maximum absolute atomic E-state index is 5.66. The molecule has 0 spiro atoms. The zero-order chi connectivity index (χ0) is 9.14. The monoisotopic (exact) mass is 170 g/mol. The minimum atomic E-state index is 0.630. The zero-order valence-electron chi connectivity index (χ0n) is 8.59. The average Bonchev–Trinajstić information content (AvgIpc) is 2.88. The Bertz CT molecular complexity index is 132. The van der Waals surface area contributed by atoms with Gasteiger partial charge in [-0.05, 0) is 38.8 Å². The van der Waals surface area contributed by atoms with E-state index in [1.807, 2.05) is 0 Å². The molecule has 2 unspecified atom stereocenters. The summed E-state index contributed by atoms with van der Waals surface area (Å²) in [6.07, 6.45) is 2.80. The van der Waals surface area contributed by atoms with Crippen molar-refractivity contribution in [2.24, 2.45) is 11.7 Å². The maximum Gasteiger partial charge on any atom is 0.0107 e. The van der Waals surface area contributed by atoms with Gasteiger partial charge in [0.05, 0.1) is 0 Å². The van der Waals surface area contributed by atoms with Crippen LogP contribution in [0.2, 0.25) is 0 Å². The van der Waals surface area contributed by atoms with Gasteiger partial charge in [0, 0.05) is 12.1 Å². The highest BCUT2D eigenvalue weighted by molar-refractivity contribution is 4.88. The highest BCUT2D eigenvalue weighted by Gasteiger charge is 2.32. The van der Waals surface area contributed by atoms with Gasteiger partial charge in [0.15, 0.2) is 0 Å². The molecule has 0 radical (unpaired) electrons. The van der Waals surface area contributed by atoms with Crippen LogP contribution in [0.25, 0.3) is 0 Å².